The summed E-state index contributed by atoms with van der Waals surface area (Å²) in [5.74, 6) is -0.0535. The Bertz CT molecular complexity index is 359. The van der Waals surface area contributed by atoms with E-state index in [0.29, 0.717) is 12.0 Å². The molecular formula is C18H28O2. The van der Waals surface area contributed by atoms with Gasteiger partial charge in [0, 0.05) is 6.42 Å². The number of carbonyl (C=O) groups is 1. The highest BCUT2D eigenvalue weighted by Crippen LogP contribution is 2.17. The zero-order valence-electron chi connectivity index (χ0n) is 12.7. The van der Waals surface area contributed by atoms with Gasteiger partial charge in [-0.15, -0.1) is 0 Å². The van der Waals surface area contributed by atoms with E-state index in [2.05, 4.69) is 6.92 Å². The van der Waals surface area contributed by atoms with Crippen LogP contribution in [0.4, 0.5) is 0 Å². The molecule has 1 unspecified atom stereocenters. The van der Waals surface area contributed by atoms with Crippen LogP contribution in [0.25, 0.3) is 0 Å². The maximum atomic E-state index is 11.9. The lowest BCUT2D eigenvalue weighted by molar-refractivity contribution is -0.127. The standard InChI is InChI=1S/C18H28O2/c1-2-3-4-5-6-7-8-12-15-17(19)18(20)16-13-10-9-11-14-16/h9-11,13-14,18,20H,2-8,12,15H2,1H3. The normalized spacial score (nSPS) is 12.3. The highest BCUT2D eigenvalue weighted by Gasteiger charge is 2.15. The quantitative estimate of drug-likeness (QED) is 0.588. The summed E-state index contributed by atoms with van der Waals surface area (Å²) in [6, 6.07) is 9.19. The summed E-state index contributed by atoms with van der Waals surface area (Å²) in [7, 11) is 0. The van der Waals surface area contributed by atoms with Gasteiger partial charge in [0.25, 0.3) is 0 Å². The Balaban J connectivity index is 2.08. The molecule has 1 N–H and O–H groups in total. The maximum absolute atomic E-state index is 11.9. The van der Waals surface area contributed by atoms with Gasteiger partial charge in [-0.2, -0.15) is 0 Å². The number of ketones is 1. The van der Waals surface area contributed by atoms with Crippen molar-refractivity contribution >= 4 is 5.78 Å². The van der Waals surface area contributed by atoms with Crippen LogP contribution in [0.1, 0.15) is 76.4 Å². The fourth-order valence-corrected chi connectivity index (χ4v) is 2.39. The molecule has 0 bridgehead atoms. The molecule has 0 aliphatic heterocycles. The molecule has 0 radical (unpaired) electrons. The monoisotopic (exact) mass is 276 g/mol. The van der Waals surface area contributed by atoms with Crippen LogP contribution in [0.5, 0.6) is 0 Å². The van der Waals surface area contributed by atoms with Gasteiger partial charge in [0.1, 0.15) is 6.10 Å². The lowest BCUT2D eigenvalue weighted by Gasteiger charge is -2.09. The fraction of sp³-hybridized carbons (Fsp3) is 0.611. The van der Waals surface area contributed by atoms with Gasteiger partial charge < -0.3 is 5.11 Å². The largest absolute Gasteiger partial charge is 0.381 e. The Morgan fingerprint density at radius 3 is 2.10 bits per heavy atom. The minimum atomic E-state index is -0.944. The second-order valence-corrected chi connectivity index (χ2v) is 5.50. The molecule has 0 spiro atoms. The molecular weight excluding hydrogens is 248 g/mol. The number of Topliss-reactive ketones (excluding diaryl/α,β-unsaturated/α-hetero) is 1. The molecule has 20 heavy (non-hydrogen) atoms. The summed E-state index contributed by atoms with van der Waals surface area (Å²) < 4.78 is 0. The Morgan fingerprint density at radius 2 is 1.50 bits per heavy atom. The second-order valence-electron chi connectivity index (χ2n) is 5.50. The molecule has 1 rings (SSSR count). The summed E-state index contributed by atoms with van der Waals surface area (Å²) in [5.41, 5.74) is 0.706. The summed E-state index contributed by atoms with van der Waals surface area (Å²) >= 11 is 0. The molecule has 0 heterocycles. The molecule has 0 aliphatic carbocycles. The van der Waals surface area contributed by atoms with Crippen molar-refractivity contribution in [1.82, 2.24) is 0 Å². The predicted molar refractivity (Wildman–Crippen MR) is 83.6 cm³/mol. The maximum Gasteiger partial charge on any atom is 0.165 e. The smallest absolute Gasteiger partial charge is 0.165 e. The van der Waals surface area contributed by atoms with Crippen LogP contribution in [-0.4, -0.2) is 10.9 Å². The number of aliphatic hydroxyl groups excluding tert-OH is 1. The van der Waals surface area contributed by atoms with E-state index in [1.54, 1.807) is 12.1 Å². The van der Waals surface area contributed by atoms with Crippen LogP contribution in [0.2, 0.25) is 0 Å². The van der Waals surface area contributed by atoms with Crippen LogP contribution in [-0.2, 0) is 4.79 Å². The van der Waals surface area contributed by atoms with E-state index >= 15 is 0 Å². The zero-order chi connectivity index (χ0) is 14.6. The van der Waals surface area contributed by atoms with E-state index in [9.17, 15) is 9.90 Å². The SMILES string of the molecule is CCCCCCCCCCC(=O)C(O)c1ccccc1. The van der Waals surface area contributed by atoms with Crippen molar-refractivity contribution in [3.05, 3.63) is 35.9 Å². The number of rotatable bonds is 11. The van der Waals surface area contributed by atoms with Gasteiger partial charge in [0.15, 0.2) is 5.78 Å². The third-order valence-corrected chi connectivity index (χ3v) is 3.70. The van der Waals surface area contributed by atoms with E-state index in [1.165, 1.54) is 38.5 Å². The summed E-state index contributed by atoms with van der Waals surface area (Å²) in [4.78, 5) is 11.9. The van der Waals surface area contributed by atoms with Crippen molar-refractivity contribution in [1.29, 1.82) is 0 Å². The predicted octanol–water partition coefficient (Wildman–Crippen LogP) is 4.82. The van der Waals surface area contributed by atoms with Crippen molar-refractivity contribution in [3.8, 4) is 0 Å². The van der Waals surface area contributed by atoms with Crippen molar-refractivity contribution in [2.75, 3.05) is 0 Å². The molecule has 0 saturated carbocycles. The first-order valence-electron chi connectivity index (χ1n) is 8.01. The van der Waals surface area contributed by atoms with Crippen LogP contribution < -0.4 is 0 Å². The van der Waals surface area contributed by atoms with E-state index in [-0.39, 0.29) is 5.78 Å². The van der Waals surface area contributed by atoms with Gasteiger partial charge in [-0.05, 0) is 12.0 Å². The van der Waals surface area contributed by atoms with E-state index in [4.69, 9.17) is 0 Å². The van der Waals surface area contributed by atoms with Crippen LogP contribution in [0.3, 0.4) is 0 Å². The highest BCUT2D eigenvalue weighted by molar-refractivity contribution is 5.84. The number of unbranched alkanes of at least 4 members (excludes halogenated alkanes) is 7. The number of hydrogen-bond donors (Lipinski definition) is 1. The minimum Gasteiger partial charge on any atom is -0.381 e. The Hall–Kier alpha value is -1.15. The molecule has 0 saturated heterocycles. The first kappa shape index (κ1) is 16.9. The first-order chi connectivity index (χ1) is 9.75. The lowest BCUT2D eigenvalue weighted by atomic mass is 10.0. The van der Waals surface area contributed by atoms with Crippen molar-refractivity contribution in [3.63, 3.8) is 0 Å². The molecule has 0 fully saturated rings. The highest BCUT2D eigenvalue weighted by atomic mass is 16.3. The fourth-order valence-electron chi connectivity index (χ4n) is 2.39. The molecule has 112 valence electrons. The molecule has 2 heteroatoms. The number of benzene rings is 1. The van der Waals surface area contributed by atoms with E-state index in [1.807, 2.05) is 18.2 Å². The topological polar surface area (TPSA) is 37.3 Å². The summed E-state index contributed by atoms with van der Waals surface area (Å²) in [6.07, 6.45) is 9.29. The molecule has 1 aromatic carbocycles. The number of hydrogen-bond acceptors (Lipinski definition) is 2. The number of aliphatic hydroxyl groups is 1. The Kier molecular flexibility index (Phi) is 8.97. The van der Waals surface area contributed by atoms with Crippen molar-refractivity contribution < 1.29 is 9.90 Å². The third-order valence-electron chi connectivity index (χ3n) is 3.70. The summed E-state index contributed by atoms with van der Waals surface area (Å²) in [5, 5.41) is 9.94. The molecule has 1 atom stereocenters. The van der Waals surface area contributed by atoms with Crippen molar-refractivity contribution in [2.24, 2.45) is 0 Å². The van der Waals surface area contributed by atoms with Gasteiger partial charge in [-0.25, -0.2) is 0 Å². The average Bonchev–Trinajstić information content (AvgIpc) is 2.50. The van der Waals surface area contributed by atoms with Gasteiger partial charge in [-0.1, -0.05) is 82.2 Å². The van der Waals surface area contributed by atoms with Gasteiger partial charge in [0.05, 0.1) is 0 Å². The average molecular weight is 276 g/mol. The van der Waals surface area contributed by atoms with Crippen LogP contribution in [0.15, 0.2) is 30.3 Å². The Morgan fingerprint density at radius 1 is 0.950 bits per heavy atom. The van der Waals surface area contributed by atoms with Gasteiger partial charge in [-0.3, -0.25) is 4.79 Å². The first-order valence-corrected chi connectivity index (χ1v) is 8.01. The Labute approximate surface area is 123 Å². The van der Waals surface area contributed by atoms with Crippen LogP contribution >= 0.6 is 0 Å². The summed E-state index contributed by atoms with van der Waals surface area (Å²) in [6.45, 7) is 2.23. The lowest BCUT2D eigenvalue weighted by Crippen LogP contribution is -2.11. The van der Waals surface area contributed by atoms with Gasteiger partial charge >= 0.3 is 0 Å². The number of carbonyl (C=O) groups excluding carboxylic acids is 1. The van der Waals surface area contributed by atoms with Gasteiger partial charge in [0.2, 0.25) is 0 Å². The van der Waals surface area contributed by atoms with Crippen LogP contribution in [0, 0.1) is 0 Å². The van der Waals surface area contributed by atoms with E-state index < -0.39 is 6.10 Å². The minimum absolute atomic E-state index is 0.0535. The second kappa shape index (κ2) is 10.6. The van der Waals surface area contributed by atoms with Crippen molar-refractivity contribution in [2.45, 2.75) is 70.8 Å². The third kappa shape index (κ3) is 6.85. The molecule has 1 aromatic rings. The molecule has 0 amide bonds. The zero-order valence-corrected chi connectivity index (χ0v) is 12.7. The molecule has 2 nitrogen and oxygen atoms in total. The molecule has 0 aliphatic rings. The van der Waals surface area contributed by atoms with E-state index in [0.717, 1.165) is 12.8 Å². The molecule has 0 aromatic heterocycles.